The van der Waals surface area contributed by atoms with Crippen LogP contribution < -0.4 is 10.8 Å². The molecule has 1 heterocycles. The Morgan fingerprint density at radius 2 is 1.82 bits per heavy atom. The van der Waals surface area contributed by atoms with Crippen LogP contribution in [0.25, 0.3) is 0 Å². The maximum Gasteiger partial charge on any atom is 0.497 e. The van der Waals surface area contributed by atoms with Gasteiger partial charge in [-0.05, 0) is 33.8 Å². The van der Waals surface area contributed by atoms with E-state index in [1.165, 1.54) is 6.07 Å². The molecule has 0 aromatic heterocycles. The van der Waals surface area contributed by atoms with Crippen molar-refractivity contribution in [1.82, 2.24) is 0 Å². The normalized spacial score (nSPS) is 18.8. The van der Waals surface area contributed by atoms with Gasteiger partial charge in [0.1, 0.15) is 5.69 Å². The lowest BCUT2D eigenvalue weighted by Crippen LogP contribution is -2.41. The third-order valence-corrected chi connectivity index (χ3v) is 4.23. The SMILES string of the molecule is CNc1c(B2OC(C)(C)C(C)(C)O2)cc(C#N)cc1[N+](=O)[O-]. The molecular weight excluding hydrogens is 285 g/mol. The summed E-state index contributed by atoms with van der Waals surface area (Å²) in [5.74, 6) is 0. The maximum absolute atomic E-state index is 11.2. The first kappa shape index (κ1) is 16.3. The summed E-state index contributed by atoms with van der Waals surface area (Å²) in [6.07, 6.45) is 0. The van der Waals surface area contributed by atoms with Crippen LogP contribution in [0.2, 0.25) is 0 Å². The second-order valence-electron chi connectivity index (χ2n) is 6.17. The Kier molecular flexibility index (Phi) is 3.89. The Labute approximate surface area is 129 Å². The predicted octanol–water partition coefficient (Wildman–Crippen LogP) is 1.81. The largest absolute Gasteiger partial charge is 0.497 e. The minimum Gasteiger partial charge on any atom is -0.399 e. The van der Waals surface area contributed by atoms with E-state index in [-0.39, 0.29) is 11.3 Å². The van der Waals surface area contributed by atoms with Crippen LogP contribution in [-0.4, -0.2) is 30.3 Å². The second-order valence-corrected chi connectivity index (χ2v) is 6.17. The molecule has 1 aromatic carbocycles. The lowest BCUT2D eigenvalue weighted by Gasteiger charge is -2.32. The Morgan fingerprint density at radius 1 is 1.27 bits per heavy atom. The van der Waals surface area contributed by atoms with Gasteiger partial charge in [0.05, 0.1) is 27.8 Å². The third kappa shape index (κ3) is 2.53. The molecule has 0 saturated carbocycles. The number of nitrogens with zero attached hydrogens (tertiary/aromatic N) is 2. The van der Waals surface area contributed by atoms with Gasteiger partial charge < -0.3 is 14.6 Å². The van der Waals surface area contributed by atoms with Gasteiger partial charge >= 0.3 is 7.12 Å². The van der Waals surface area contributed by atoms with E-state index in [1.54, 1.807) is 13.1 Å². The molecule has 8 heteroatoms. The van der Waals surface area contributed by atoms with Crippen molar-refractivity contribution in [2.45, 2.75) is 38.9 Å². The first-order valence-electron chi connectivity index (χ1n) is 6.89. The van der Waals surface area contributed by atoms with E-state index in [9.17, 15) is 10.1 Å². The highest BCUT2D eigenvalue weighted by Crippen LogP contribution is 2.38. The highest BCUT2D eigenvalue weighted by atomic mass is 16.7. The smallest absolute Gasteiger partial charge is 0.399 e. The lowest BCUT2D eigenvalue weighted by molar-refractivity contribution is -0.383. The van der Waals surface area contributed by atoms with E-state index in [4.69, 9.17) is 14.6 Å². The molecule has 2 rings (SSSR count). The molecule has 116 valence electrons. The molecule has 0 spiro atoms. The fourth-order valence-electron chi connectivity index (χ4n) is 2.29. The molecule has 1 aliphatic heterocycles. The van der Waals surface area contributed by atoms with E-state index in [0.717, 1.165) is 0 Å². The molecule has 1 aliphatic rings. The first-order chi connectivity index (χ1) is 10.1. The molecule has 0 unspecified atom stereocenters. The molecule has 0 bridgehead atoms. The van der Waals surface area contributed by atoms with Gasteiger partial charge in [0.15, 0.2) is 0 Å². The van der Waals surface area contributed by atoms with E-state index in [0.29, 0.717) is 11.2 Å². The van der Waals surface area contributed by atoms with Crippen LogP contribution in [0.15, 0.2) is 12.1 Å². The van der Waals surface area contributed by atoms with Crippen LogP contribution in [0.3, 0.4) is 0 Å². The van der Waals surface area contributed by atoms with Crippen molar-refractivity contribution >= 4 is 24.0 Å². The Bertz CT molecular complexity index is 651. The maximum atomic E-state index is 11.2. The zero-order valence-corrected chi connectivity index (χ0v) is 13.3. The number of hydrogen-bond acceptors (Lipinski definition) is 6. The van der Waals surface area contributed by atoms with Crippen molar-refractivity contribution in [3.8, 4) is 6.07 Å². The van der Waals surface area contributed by atoms with Crippen molar-refractivity contribution in [2.24, 2.45) is 0 Å². The molecule has 0 atom stereocenters. The summed E-state index contributed by atoms with van der Waals surface area (Å²) in [7, 11) is 0.808. The average molecular weight is 303 g/mol. The predicted molar refractivity (Wildman–Crippen MR) is 83.1 cm³/mol. The quantitative estimate of drug-likeness (QED) is 0.519. The summed E-state index contributed by atoms with van der Waals surface area (Å²) < 4.78 is 11.9. The molecule has 0 amide bonds. The minimum atomic E-state index is -0.778. The standard InChI is InChI=1S/C14H18BN3O4/c1-13(2)14(3,4)22-15(21-13)10-6-9(8-16)7-11(18(19)20)12(10)17-5/h6-7,17H,1-5H3. The van der Waals surface area contributed by atoms with E-state index in [1.807, 2.05) is 33.8 Å². The number of anilines is 1. The molecule has 0 aliphatic carbocycles. The van der Waals surface area contributed by atoms with Crippen LogP contribution in [0, 0.1) is 21.4 Å². The van der Waals surface area contributed by atoms with Gasteiger partial charge in [0.25, 0.3) is 5.69 Å². The highest BCUT2D eigenvalue weighted by Gasteiger charge is 2.52. The minimum absolute atomic E-state index is 0.175. The van der Waals surface area contributed by atoms with Crippen molar-refractivity contribution in [2.75, 3.05) is 12.4 Å². The van der Waals surface area contributed by atoms with E-state index < -0.39 is 23.2 Å². The summed E-state index contributed by atoms with van der Waals surface area (Å²) in [5.41, 5.74) is -0.378. The van der Waals surface area contributed by atoms with Gasteiger partial charge in [-0.25, -0.2) is 0 Å². The van der Waals surface area contributed by atoms with Gasteiger partial charge in [-0.15, -0.1) is 0 Å². The number of nitro benzene ring substituents is 1. The third-order valence-electron chi connectivity index (χ3n) is 4.23. The Hall–Kier alpha value is -2.11. The molecule has 22 heavy (non-hydrogen) atoms. The van der Waals surface area contributed by atoms with Crippen LogP contribution in [0.1, 0.15) is 33.3 Å². The number of nitro groups is 1. The number of nitriles is 1. The van der Waals surface area contributed by atoms with Gasteiger partial charge in [0.2, 0.25) is 0 Å². The fraction of sp³-hybridized carbons (Fsp3) is 0.500. The zero-order chi connectivity index (χ0) is 16.7. The number of hydrogen-bond donors (Lipinski definition) is 1. The lowest BCUT2D eigenvalue weighted by atomic mass is 9.76. The zero-order valence-electron chi connectivity index (χ0n) is 13.3. The summed E-state index contributed by atoms with van der Waals surface area (Å²) in [6, 6.07) is 4.73. The highest BCUT2D eigenvalue weighted by molar-refractivity contribution is 6.64. The molecule has 0 radical (unpaired) electrons. The molecular formula is C14H18BN3O4. The van der Waals surface area contributed by atoms with Gasteiger partial charge in [0, 0.05) is 18.6 Å². The van der Waals surface area contributed by atoms with Crippen LogP contribution in [0.4, 0.5) is 11.4 Å². The van der Waals surface area contributed by atoms with Gasteiger partial charge in [-0.3, -0.25) is 10.1 Å². The van der Waals surface area contributed by atoms with E-state index in [2.05, 4.69) is 5.32 Å². The number of benzene rings is 1. The molecule has 1 N–H and O–H groups in total. The van der Waals surface area contributed by atoms with Crippen molar-refractivity contribution < 1.29 is 14.2 Å². The first-order valence-corrected chi connectivity index (χ1v) is 6.89. The number of nitrogens with one attached hydrogen (secondary N) is 1. The topological polar surface area (TPSA) is 97.4 Å². The molecule has 1 aromatic rings. The summed E-state index contributed by atoms with van der Waals surface area (Å²) in [4.78, 5) is 10.7. The molecule has 1 saturated heterocycles. The van der Waals surface area contributed by atoms with Crippen molar-refractivity contribution in [3.05, 3.63) is 27.8 Å². The Balaban J connectivity index is 2.59. The summed E-state index contributed by atoms with van der Waals surface area (Å²) >= 11 is 0. The van der Waals surface area contributed by atoms with E-state index >= 15 is 0 Å². The Morgan fingerprint density at radius 3 is 2.23 bits per heavy atom. The average Bonchev–Trinajstić information content (AvgIpc) is 2.65. The van der Waals surface area contributed by atoms with Crippen LogP contribution >= 0.6 is 0 Å². The fourth-order valence-corrected chi connectivity index (χ4v) is 2.29. The van der Waals surface area contributed by atoms with Crippen LogP contribution in [-0.2, 0) is 9.31 Å². The molecule has 7 nitrogen and oxygen atoms in total. The second kappa shape index (κ2) is 5.27. The molecule has 1 fully saturated rings. The van der Waals surface area contributed by atoms with Gasteiger partial charge in [-0.1, -0.05) is 0 Å². The van der Waals surface area contributed by atoms with Crippen molar-refractivity contribution in [3.63, 3.8) is 0 Å². The van der Waals surface area contributed by atoms with Crippen molar-refractivity contribution in [1.29, 1.82) is 5.26 Å². The monoisotopic (exact) mass is 303 g/mol. The summed E-state index contributed by atoms with van der Waals surface area (Å²) in [5, 5.41) is 23.2. The number of rotatable bonds is 3. The van der Waals surface area contributed by atoms with Crippen LogP contribution in [0.5, 0.6) is 0 Å². The summed E-state index contributed by atoms with van der Waals surface area (Å²) in [6.45, 7) is 7.59. The van der Waals surface area contributed by atoms with Gasteiger partial charge in [-0.2, -0.15) is 5.26 Å².